The van der Waals surface area contributed by atoms with Gasteiger partial charge < -0.3 is 15.8 Å². The fourth-order valence-corrected chi connectivity index (χ4v) is 3.31. The third-order valence-electron chi connectivity index (χ3n) is 5.30. The number of nitrogens with zero attached hydrogens (tertiary/aromatic N) is 5. The Morgan fingerprint density at radius 2 is 1.79 bits per heavy atom. The van der Waals surface area contributed by atoms with E-state index >= 15 is 0 Å². The van der Waals surface area contributed by atoms with Gasteiger partial charge in [-0.05, 0) is 43.0 Å². The van der Waals surface area contributed by atoms with Gasteiger partial charge in [0.1, 0.15) is 6.04 Å². The van der Waals surface area contributed by atoms with E-state index < -0.39 is 11.6 Å². The number of tetrazole rings is 1. The first-order valence-corrected chi connectivity index (χ1v) is 11.3. The molecule has 0 fully saturated rings. The highest BCUT2D eigenvalue weighted by Gasteiger charge is 2.28. The Hall–Kier alpha value is -3.61. The molecule has 0 radical (unpaired) electrons. The Labute approximate surface area is 199 Å². The highest BCUT2D eigenvalue weighted by molar-refractivity contribution is 5.85. The van der Waals surface area contributed by atoms with Gasteiger partial charge in [0.2, 0.25) is 5.91 Å². The number of benzene rings is 2. The standard InChI is InChI=1S/C25H31N7O2/c1-25(2,27)24(33)28-22(18-34-17-20-11-7-4-8-12-20)23-29-31-32(30-23)21(15-16-26)14-13-19-9-5-3-6-10-19/h3-12,21-22H,13-15,17-18,27H2,1-2H3,(H,28,33)/t21?,22-/m1/s1. The number of hydrogen-bond acceptors (Lipinski definition) is 7. The smallest absolute Gasteiger partial charge is 0.240 e. The molecule has 178 valence electrons. The highest BCUT2D eigenvalue weighted by atomic mass is 16.5. The van der Waals surface area contributed by atoms with Gasteiger partial charge >= 0.3 is 0 Å². The Morgan fingerprint density at radius 1 is 1.15 bits per heavy atom. The molecule has 1 heterocycles. The maximum atomic E-state index is 12.6. The predicted octanol–water partition coefficient (Wildman–Crippen LogP) is 2.87. The lowest BCUT2D eigenvalue weighted by molar-refractivity contribution is -0.126. The van der Waals surface area contributed by atoms with Crippen LogP contribution < -0.4 is 11.1 Å². The first-order chi connectivity index (χ1) is 16.4. The summed E-state index contributed by atoms with van der Waals surface area (Å²) in [5.41, 5.74) is 7.07. The molecular formula is C25H31N7O2. The van der Waals surface area contributed by atoms with Crippen molar-refractivity contribution in [3.05, 3.63) is 77.6 Å². The number of nitrogens with one attached hydrogen (secondary N) is 1. The lowest BCUT2D eigenvalue weighted by atomic mass is 10.0. The average molecular weight is 462 g/mol. The molecule has 1 unspecified atom stereocenters. The van der Waals surface area contributed by atoms with Crippen molar-refractivity contribution in [3.8, 4) is 6.07 Å². The van der Waals surface area contributed by atoms with Crippen molar-refractivity contribution in [2.75, 3.05) is 6.61 Å². The van der Waals surface area contributed by atoms with Crippen molar-refractivity contribution >= 4 is 5.91 Å². The van der Waals surface area contributed by atoms with E-state index in [0.29, 0.717) is 18.9 Å². The van der Waals surface area contributed by atoms with Crippen molar-refractivity contribution < 1.29 is 9.53 Å². The molecule has 0 aliphatic rings. The van der Waals surface area contributed by atoms with E-state index in [4.69, 9.17) is 10.5 Å². The number of amides is 1. The van der Waals surface area contributed by atoms with E-state index in [1.165, 1.54) is 10.4 Å². The molecule has 3 aromatic rings. The molecule has 0 aliphatic carbocycles. The summed E-state index contributed by atoms with van der Waals surface area (Å²) in [5, 5.41) is 25.1. The summed E-state index contributed by atoms with van der Waals surface area (Å²) in [7, 11) is 0. The SMILES string of the molecule is CC(C)(N)C(=O)N[C@H](COCc1ccccc1)c1nnn(C(CC#N)CCc2ccccc2)n1. The van der Waals surface area contributed by atoms with Gasteiger partial charge in [0.15, 0.2) is 5.82 Å². The topological polar surface area (TPSA) is 132 Å². The number of hydrogen-bond donors (Lipinski definition) is 2. The van der Waals surface area contributed by atoms with Crippen LogP contribution in [0.3, 0.4) is 0 Å². The number of ether oxygens (including phenoxy) is 1. The molecule has 9 nitrogen and oxygen atoms in total. The zero-order valence-electron chi connectivity index (χ0n) is 19.6. The zero-order chi connectivity index (χ0) is 24.4. The van der Waals surface area contributed by atoms with Crippen LogP contribution in [0.4, 0.5) is 0 Å². The summed E-state index contributed by atoms with van der Waals surface area (Å²) in [6.45, 7) is 3.78. The van der Waals surface area contributed by atoms with Crippen LogP contribution >= 0.6 is 0 Å². The summed E-state index contributed by atoms with van der Waals surface area (Å²) in [4.78, 5) is 14.0. The number of carbonyl (C=O) groups is 1. The Bertz CT molecular complexity index is 1070. The fraction of sp³-hybridized carbons (Fsp3) is 0.400. The highest BCUT2D eigenvalue weighted by Crippen LogP contribution is 2.19. The van der Waals surface area contributed by atoms with E-state index in [1.807, 2.05) is 60.7 Å². The van der Waals surface area contributed by atoms with E-state index in [1.54, 1.807) is 13.8 Å². The quantitative estimate of drug-likeness (QED) is 0.424. The summed E-state index contributed by atoms with van der Waals surface area (Å²) in [6.07, 6.45) is 1.72. The van der Waals surface area contributed by atoms with Crippen LogP contribution in [0.25, 0.3) is 0 Å². The first kappa shape index (κ1) is 25.0. The minimum Gasteiger partial charge on any atom is -0.374 e. The number of nitriles is 1. The van der Waals surface area contributed by atoms with Crippen LogP contribution in [-0.4, -0.2) is 38.3 Å². The van der Waals surface area contributed by atoms with Crippen LogP contribution in [0.1, 0.15) is 55.7 Å². The van der Waals surface area contributed by atoms with E-state index in [9.17, 15) is 10.1 Å². The normalized spacial score (nSPS) is 13.1. The lowest BCUT2D eigenvalue weighted by Crippen LogP contribution is -2.50. The van der Waals surface area contributed by atoms with Gasteiger partial charge in [-0.3, -0.25) is 4.79 Å². The molecule has 0 bridgehead atoms. The molecule has 1 amide bonds. The van der Waals surface area contributed by atoms with Gasteiger partial charge in [0, 0.05) is 0 Å². The van der Waals surface area contributed by atoms with Crippen molar-refractivity contribution in [1.29, 1.82) is 5.26 Å². The second-order valence-corrected chi connectivity index (χ2v) is 8.76. The molecule has 0 saturated carbocycles. The predicted molar refractivity (Wildman–Crippen MR) is 127 cm³/mol. The molecule has 3 rings (SSSR count). The minimum absolute atomic E-state index is 0.148. The largest absolute Gasteiger partial charge is 0.374 e. The number of rotatable bonds is 12. The van der Waals surface area contributed by atoms with Crippen molar-refractivity contribution in [3.63, 3.8) is 0 Å². The summed E-state index contributed by atoms with van der Waals surface area (Å²) < 4.78 is 5.85. The van der Waals surface area contributed by atoms with E-state index in [2.05, 4.69) is 26.8 Å². The maximum absolute atomic E-state index is 12.6. The van der Waals surface area contributed by atoms with Crippen LogP contribution in [-0.2, 0) is 22.6 Å². The van der Waals surface area contributed by atoms with Gasteiger partial charge in [-0.15, -0.1) is 10.2 Å². The molecule has 1 aromatic heterocycles. The molecule has 2 atom stereocenters. The number of nitrogens with two attached hydrogens (primary N) is 1. The molecule has 0 saturated heterocycles. The molecule has 0 spiro atoms. The van der Waals surface area contributed by atoms with Gasteiger partial charge in [-0.1, -0.05) is 60.7 Å². The third kappa shape index (κ3) is 7.47. The monoisotopic (exact) mass is 461 g/mol. The fourth-order valence-electron chi connectivity index (χ4n) is 3.31. The van der Waals surface area contributed by atoms with Crippen molar-refractivity contribution in [2.45, 2.75) is 57.3 Å². The second kappa shape index (κ2) is 12.0. The minimum atomic E-state index is -1.08. The number of aryl methyl sites for hydroxylation is 1. The van der Waals surface area contributed by atoms with E-state index in [-0.39, 0.29) is 25.0 Å². The molecule has 3 N–H and O–H groups in total. The van der Waals surface area contributed by atoms with Gasteiger partial charge in [0.05, 0.1) is 37.3 Å². The van der Waals surface area contributed by atoms with Crippen molar-refractivity contribution in [1.82, 2.24) is 25.5 Å². The van der Waals surface area contributed by atoms with E-state index in [0.717, 1.165) is 12.0 Å². The van der Waals surface area contributed by atoms with Gasteiger partial charge in [-0.2, -0.15) is 10.1 Å². The van der Waals surface area contributed by atoms with Crippen molar-refractivity contribution in [2.24, 2.45) is 5.73 Å². The van der Waals surface area contributed by atoms with Crippen LogP contribution in [0, 0.1) is 11.3 Å². The summed E-state index contributed by atoms with van der Waals surface area (Å²) in [5.74, 6) is -0.0388. The number of carbonyl (C=O) groups excluding carboxylic acids is 1. The van der Waals surface area contributed by atoms with Crippen LogP contribution in [0.2, 0.25) is 0 Å². The summed E-state index contributed by atoms with van der Waals surface area (Å²) in [6, 6.07) is 21.1. The molecule has 34 heavy (non-hydrogen) atoms. The molecule has 9 heteroatoms. The Kier molecular flexibility index (Phi) is 8.85. The Morgan fingerprint density at radius 3 is 2.41 bits per heavy atom. The zero-order valence-corrected chi connectivity index (χ0v) is 19.6. The Balaban J connectivity index is 1.72. The average Bonchev–Trinajstić information content (AvgIpc) is 3.32. The number of aromatic nitrogens is 4. The lowest BCUT2D eigenvalue weighted by Gasteiger charge is -2.22. The first-order valence-electron chi connectivity index (χ1n) is 11.3. The molecule has 2 aromatic carbocycles. The third-order valence-corrected chi connectivity index (χ3v) is 5.30. The van der Waals surface area contributed by atoms with Crippen LogP contribution in [0.5, 0.6) is 0 Å². The molecule has 0 aliphatic heterocycles. The second-order valence-electron chi connectivity index (χ2n) is 8.76. The van der Waals surface area contributed by atoms with Gasteiger partial charge in [-0.25, -0.2) is 0 Å². The van der Waals surface area contributed by atoms with Crippen LogP contribution in [0.15, 0.2) is 60.7 Å². The molecular weight excluding hydrogens is 430 g/mol. The maximum Gasteiger partial charge on any atom is 0.240 e. The van der Waals surface area contributed by atoms with Gasteiger partial charge in [0.25, 0.3) is 0 Å². The summed E-state index contributed by atoms with van der Waals surface area (Å²) >= 11 is 0.